The van der Waals surface area contributed by atoms with Crippen LogP contribution < -0.4 is 4.90 Å². The lowest BCUT2D eigenvalue weighted by Crippen LogP contribution is -2.33. The molecule has 1 atom stereocenters. The molecule has 0 saturated heterocycles. The zero-order valence-electron chi connectivity index (χ0n) is 13.0. The van der Waals surface area contributed by atoms with E-state index in [1.54, 1.807) is 28.6 Å². The fourth-order valence-corrected chi connectivity index (χ4v) is 3.67. The topological polar surface area (TPSA) is 50.5 Å². The monoisotopic (exact) mass is 380 g/mol. The van der Waals surface area contributed by atoms with Crippen molar-refractivity contribution >= 4 is 52.2 Å². The van der Waals surface area contributed by atoms with Gasteiger partial charge >= 0.3 is 0 Å². The van der Waals surface area contributed by atoms with E-state index in [0.29, 0.717) is 20.8 Å². The standard InChI is InChI=1S/C16H14Cl2N4OS/c1-10(15(23)21(2)12-6-4-3-5-7-12)24-16-20-19-14-13(18)8-11(17)9-22(14)16/h3-10H,1-2H3/t10-/m0/s1. The van der Waals surface area contributed by atoms with Crippen LogP contribution in [0.15, 0.2) is 47.8 Å². The number of halogens is 2. The number of thioether (sulfide) groups is 1. The third-order valence-corrected chi connectivity index (χ3v) is 5.03. The van der Waals surface area contributed by atoms with Gasteiger partial charge in [-0.25, -0.2) is 0 Å². The van der Waals surface area contributed by atoms with Gasteiger partial charge in [-0.3, -0.25) is 9.20 Å². The summed E-state index contributed by atoms with van der Waals surface area (Å²) in [6.07, 6.45) is 1.68. The Labute approximate surface area is 153 Å². The summed E-state index contributed by atoms with van der Waals surface area (Å²) in [7, 11) is 1.75. The molecule has 0 saturated carbocycles. The average molecular weight is 381 g/mol. The number of carbonyl (C=O) groups excluding carboxylic acids is 1. The summed E-state index contributed by atoms with van der Waals surface area (Å²) in [6, 6.07) is 11.1. The van der Waals surface area contributed by atoms with Gasteiger partial charge in [-0.1, -0.05) is 53.2 Å². The first-order valence-electron chi connectivity index (χ1n) is 7.16. The maximum Gasteiger partial charge on any atom is 0.240 e. The lowest BCUT2D eigenvalue weighted by Gasteiger charge is -2.20. The van der Waals surface area contributed by atoms with Crippen LogP contribution in [0.2, 0.25) is 10.0 Å². The predicted octanol–water partition coefficient (Wildman–Crippen LogP) is 4.18. The van der Waals surface area contributed by atoms with Gasteiger partial charge < -0.3 is 4.90 Å². The van der Waals surface area contributed by atoms with Crippen LogP contribution in [-0.4, -0.2) is 32.8 Å². The van der Waals surface area contributed by atoms with E-state index in [4.69, 9.17) is 23.2 Å². The van der Waals surface area contributed by atoms with Crippen molar-refractivity contribution in [3.63, 3.8) is 0 Å². The van der Waals surface area contributed by atoms with Crippen LogP contribution >= 0.6 is 35.0 Å². The Morgan fingerprint density at radius 3 is 2.67 bits per heavy atom. The molecule has 0 radical (unpaired) electrons. The predicted molar refractivity (Wildman–Crippen MR) is 98.2 cm³/mol. The molecule has 2 heterocycles. The Kier molecular flexibility index (Phi) is 4.99. The number of pyridine rings is 1. The molecule has 0 aliphatic carbocycles. The quantitative estimate of drug-likeness (QED) is 0.637. The van der Waals surface area contributed by atoms with Crippen molar-refractivity contribution < 1.29 is 4.79 Å². The minimum Gasteiger partial charge on any atom is -0.315 e. The van der Waals surface area contributed by atoms with Gasteiger partial charge in [-0.15, -0.1) is 10.2 Å². The van der Waals surface area contributed by atoms with Crippen LogP contribution in [0.1, 0.15) is 6.92 Å². The molecule has 3 rings (SSSR count). The summed E-state index contributed by atoms with van der Waals surface area (Å²) in [6.45, 7) is 1.83. The molecule has 8 heteroatoms. The molecular formula is C16H14Cl2N4OS. The first-order chi connectivity index (χ1) is 11.5. The summed E-state index contributed by atoms with van der Waals surface area (Å²) in [5.41, 5.74) is 1.35. The molecule has 0 spiro atoms. The van der Waals surface area contributed by atoms with Gasteiger partial charge in [-0.2, -0.15) is 0 Å². The van der Waals surface area contributed by atoms with Gasteiger partial charge in [0.1, 0.15) is 0 Å². The van der Waals surface area contributed by atoms with E-state index >= 15 is 0 Å². The number of amides is 1. The van der Waals surface area contributed by atoms with E-state index in [2.05, 4.69) is 10.2 Å². The van der Waals surface area contributed by atoms with Gasteiger partial charge in [0.2, 0.25) is 5.91 Å². The summed E-state index contributed by atoms with van der Waals surface area (Å²) in [5.74, 6) is -0.0314. The molecule has 124 valence electrons. The number of anilines is 1. The fraction of sp³-hybridized carbons (Fsp3) is 0.188. The SMILES string of the molecule is C[C@H](Sc1nnc2c(Cl)cc(Cl)cn12)C(=O)N(C)c1ccccc1. The van der Waals surface area contributed by atoms with Crippen LogP contribution in [0.25, 0.3) is 5.65 Å². The number of nitrogens with zero attached hydrogens (tertiary/aromatic N) is 4. The highest BCUT2D eigenvalue weighted by atomic mass is 35.5. The average Bonchev–Trinajstić information content (AvgIpc) is 2.97. The number of aromatic nitrogens is 3. The van der Waals surface area contributed by atoms with Gasteiger partial charge in [-0.05, 0) is 25.1 Å². The Bertz CT molecular complexity index is 884. The van der Waals surface area contributed by atoms with Crippen molar-refractivity contribution in [1.82, 2.24) is 14.6 Å². The van der Waals surface area contributed by atoms with Crippen LogP contribution in [0.3, 0.4) is 0 Å². The Balaban J connectivity index is 1.82. The van der Waals surface area contributed by atoms with E-state index in [1.807, 2.05) is 37.3 Å². The highest BCUT2D eigenvalue weighted by molar-refractivity contribution is 8.00. The van der Waals surface area contributed by atoms with E-state index in [9.17, 15) is 4.79 Å². The van der Waals surface area contributed by atoms with Crippen molar-refractivity contribution in [2.45, 2.75) is 17.3 Å². The molecular weight excluding hydrogens is 367 g/mol. The minimum atomic E-state index is -0.347. The maximum atomic E-state index is 12.6. The van der Waals surface area contributed by atoms with E-state index in [-0.39, 0.29) is 11.2 Å². The highest BCUT2D eigenvalue weighted by Gasteiger charge is 2.22. The molecule has 0 N–H and O–H groups in total. The number of hydrogen-bond acceptors (Lipinski definition) is 4. The van der Waals surface area contributed by atoms with E-state index < -0.39 is 0 Å². The third kappa shape index (κ3) is 3.36. The zero-order chi connectivity index (χ0) is 17.3. The smallest absolute Gasteiger partial charge is 0.240 e. The number of rotatable bonds is 4. The van der Waals surface area contributed by atoms with Crippen molar-refractivity contribution in [2.75, 3.05) is 11.9 Å². The number of carbonyl (C=O) groups is 1. The Morgan fingerprint density at radius 1 is 1.25 bits per heavy atom. The molecule has 24 heavy (non-hydrogen) atoms. The maximum absolute atomic E-state index is 12.6. The van der Waals surface area contributed by atoms with Gasteiger partial charge in [0.05, 0.1) is 15.3 Å². The number of fused-ring (bicyclic) bond motifs is 1. The van der Waals surface area contributed by atoms with Crippen molar-refractivity contribution in [2.24, 2.45) is 0 Å². The van der Waals surface area contributed by atoms with Crippen LogP contribution in [-0.2, 0) is 4.79 Å². The molecule has 0 fully saturated rings. The first-order valence-corrected chi connectivity index (χ1v) is 8.80. The van der Waals surface area contributed by atoms with E-state index in [1.165, 1.54) is 11.8 Å². The van der Waals surface area contributed by atoms with Crippen molar-refractivity contribution in [3.05, 3.63) is 52.6 Å². The number of para-hydroxylation sites is 1. The summed E-state index contributed by atoms with van der Waals surface area (Å²) in [5, 5.41) is 9.28. The Hall–Kier alpha value is -1.76. The summed E-state index contributed by atoms with van der Waals surface area (Å²) < 4.78 is 1.70. The molecule has 1 amide bonds. The molecule has 0 aliphatic heterocycles. The highest BCUT2D eigenvalue weighted by Crippen LogP contribution is 2.28. The molecule has 0 bridgehead atoms. The molecule has 0 aliphatic rings. The zero-order valence-corrected chi connectivity index (χ0v) is 15.3. The molecule has 1 aromatic carbocycles. The van der Waals surface area contributed by atoms with Crippen LogP contribution in [0.4, 0.5) is 5.69 Å². The normalized spacial score (nSPS) is 12.3. The number of hydrogen-bond donors (Lipinski definition) is 0. The second kappa shape index (κ2) is 7.01. The van der Waals surface area contributed by atoms with Crippen molar-refractivity contribution in [1.29, 1.82) is 0 Å². The third-order valence-electron chi connectivity index (χ3n) is 3.50. The van der Waals surface area contributed by atoms with Crippen LogP contribution in [0, 0.1) is 0 Å². The molecule has 3 aromatic rings. The second-order valence-electron chi connectivity index (χ2n) is 5.18. The van der Waals surface area contributed by atoms with Gasteiger partial charge in [0.15, 0.2) is 10.8 Å². The van der Waals surface area contributed by atoms with Gasteiger partial charge in [0.25, 0.3) is 0 Å². The summed E-state index contributed by atoms with van der Waals surface area (Å²) in [4.78, 5) is 14.3. The van der Waals surface area contributed by atoms with Crippen molar-refractivity contribution in [3.8, 4) is 0 Å². The lowest BCUT2D eigenvalue weighted by atomic mass is 10.3. The number of benzene rings is 1. The largest absolute Gasteiger partial charge is 0.315 e. The van der Waals surface area contributed by atoms with Crippen LogP contribution in [0.5, 0.6) is 0 Å². The molecule has 0 unspecified atom stereocenters. The van der Waals surface area contributed by atoms with Gasteiger partial charge in [0, 0.05) is 18.9 Å². The lowest BCUT2D eigenvalue weighted by molar-refractivity contribution is -0.117. The second-order valence-corrected chi connectivity index (χ2v) is 7.33. The molecule has 5 nitrogen and oxygen atoms in total. The summed E-state index contributed by atoms with van der Waals surface area (Å²) >= 11 is 13.5. The fourth-order valence-electron chi connectivity index (χ4n) is 2.24. The first kappa shape index (κ1) is 17.1. The minimum absolute atomic E-state index is 0.0314. The van der Waals surface area contributed by atoms with E-state index in [0.717, 1.165) is 5.69 Å². The molecule has 2 aromatic heterocycles. The Morgan fingerprint density at radius 2 is 1.96 bits per heavy atom.